The van der Waals surface area contributed by atoms with Gasteiger partial charge in [0.15, 0.2) is 0 Å². The van der Waals surface area contributed by atoms with Crippen molar-refractivity contribution in [3.05, 3.63) is 48.0 Å². The Morgan fingerprint density at radius 1 is 1.09 bits per heavy atom. The first-order valence-corrected chi connectivity index (χ1v) is 12.7. The van der Waals surface area contributed by atoms with Gasteiger partial charge in [0.05, 0.1) is 18.3 Å². The fourth-order valence-corrected chi connectivity index (χ4v) is 8.76. The Kier molecular flexibility index (Phi) is 4.27. The molecule has 3 aliphatic carbocycles. The van der Waals surface area contributed by atoms with Gasteiger partial charge in [0.25, 0.3) is 0 Å². The summed E-state index contributed by atoms with van der Waals surface area (Å²) in [7, 11) is 0. The minimum Gasteiger partial charge on any atom is -0.393 e. The fourth-order valence-electron chi connectivity index (χ4n) is 8.76. The Hall–Kier alpha value is -1.36. The molecule has 3 aliphatic heterocycles. The van der Waals surface area contributed by atoms with E-state index in [-0.39, 0.29) is 11.8 Å². The van der Waals surface area contributed by atoms with Crippen LogP contribution in [0.15, 0.2) is 42.5 Å². The summed E-state index contributed by atoms with van der Waals surface area (Å²) in [6.07, 6.45) is -2.88. The summed E-state index contributed by atoms with van der Waals surface area (Å²) in [5.74, 6) is -3.07. The van der Waals surface area contributed by atoms with Gasteiger partial charge in [-0.15, -0.1) is 0 Å². The van der Waals surface area contributed by atoms with Crippen LogP contribution in [0.4, 0.5) is 0 Å². The van der Waals surface area contributed by atoms with Crippen LogP contribution < -0.4 is 0 Å². The van der Waals surface area contributed by atoms with E-state index in [4.69, 9.17) is 18.9 Å². The van der Waals surface area contributed by atoms with Crippen molar-refractivity contribution in [3.63, 3.8) is 0 Å². The number of rotatable bonds is 3. The lowest BCUT2D eigenvalue weighted by atomic mass is 9.54. The zero-order valence-electron chi connectivity index (χ0n) is 20.3. The van der Waals surface area contributed by atoms with E-state index in [1.54, 1.807) is 0 Å². The Labute approximate surface area is 204 Å². The van der Waals surface area contributed by atoms with Crippen LogP contribution in [0, 0.1) is 23.7 Å². The molecule has 8 heteroatoms. The number of hydrogen-bond acceptors (Lipinski definition) is 8. The average Bonchev–Trinajstić information content (AvgIpc) is 3.48. The molecule has 1 aromatic rings. The van der Waals surface area contributed by atoms with Gasteiger partial charge in [-0.2, -0.15) is 0 Å². The van der Waals surface area contributed by atoms with Gasteiger partial charge in [-0.05, 0) is 37.2 Å². The zero-order valence-corrected chi connectivity index (χ0v) is 20.3. The lowest BCUT2D eigenvalue weighted by molar-refractivity contribution is -0.443. The highest BCUT2D eigenvalue weighted by atomic mass is 16.9. The predicted molar refractivity (Wildman–Crippen MR) is 122 cm³/mol. The molecule has 0 spiro atoms. The Bertz CT molecular complexity index is 1100. The van der Waals surface area contributed by atoms with Crippen LogP contribution in [0.1, 0.15) is 39.2 Å². The van der Waals surface area contributed by atoms with E-state index < -0.39 is 71.2 Å². The Balaban J connectivity index is 1.51. The summed E-state index contributed by atoms with van der Waals surface area (Å²) in [6, 6.07) is 9.48. The van der Waals surface area contributed by atoms with Crippen molar-refractivity contribution in [2.75, 3.05) is 6.61 Å². The minimum atomic E-state index is -1.93. The largest absolute Gasteiger partial charge is 0.393 e. The van der Waals surface area contributed by atoms with Gasteiger partial charge in [-0.25, -0.2) is 0 Å². The van der Waals surface area contributed by atoms with Crippen LogP contribution in [-0.4, -0.2) is 73.9 Å². The van der Waals surface area contributed by atoms with Crippen LogP contribution >= 0.6 is 0 Å². The van der Waals surface area contributed by atoms with E-state index in [0.717, 1.165) is 5.57 Å². The molecule has 35 heavy (non-hydrogen) atoms. The zero-order chi connectivity index (χ0) is 24.8. The summed E-state index contributed by atoms with van der Waals surface area (Å²) < 4.78 is 26.7. The maximum atomic E-state index is 12.2. The van der Waals surface area contributed by atoms with Gasteiger partial charge in [0.1, 0.15) is 35.1 Å². The van der Waals surface area contributed by atoms with Crippen molar-refractivity contribution in [1.82, 2.24) is 0 Å². The van der Waals surface area contributed by atoms with E-state index in [1.165, 1.54) is 0 Å². The van der Waals surface area contributed by atoms with Crippen LogP contribution in [0.5, 0.6) is 0 Å². The number of ether oxygens (including phenoxy) is 4. The van der Waals surface area contributed by atoms with Gasteiger partial charge in [-0.1, -0.05) is 50.8 Å². The van der Waals surface area contributed by atoms with E-state index in [0.29, 0.717) is 18.4 Å². The van der Waals surface area contributed by atoms with Gasteiger partial charge >= 0.3 is 5.97 Å². The molecule has 6 aliphatic rings. The van der Waals surface area contributed by atoms with Crippen LogP contribution in [-0.2, 0) is 24.9 Å². The van der Waals surface area contributed by atoms with E-state index in [2.05, 4.69) is 13.5 Å². The minimum absolute atomic E-state index is 0.158. The maximum absolute atomic E-state index is 12.2. The quantitative estimate of drug-likeness (QED) is 0.372. The van der Waals surface area contributed by atoms with Crippen molar-refractivity contribution in [2.45, 2.75) is 86.4 Å². The SMILES string of the molecule is C=C(C)[C@]12C[C@@H](C)[C@@]34OC(c5ccccc5)(O[C@@H]1C3[C@@H]1O[C@]1(CO)[C@@H](O)[C@@]1(O)C4C[C@H](C)[C@@H]1O)O2. The third-order valence-corrected chi connectivity index (χ3v) is 10.4. The molecule has 4 N–H and O–H groups in total. The average molecular weight is 487 g/mol. The van der Waals surface area contributed by atoms with Crippen molar-refractivity contribution in [3.8, 4) is 0 Å². The standard InChI is InChI=1S/C27H34O8/c1-13(2)23-11-15(4)26-17-10-14(3)19(29)25(17,31)22(30)24(12-28)21(32-24)18(26)20(23)33-27(34-23,35-26)16-8-6-5-7-9-16/h5-9,14-15,17-22,28-31H,1,10-12H2,2-4H3/t14-,15+,17?,18?,19-,20+,21-,22+,23+,24-,25+,26-,27?/m0/s1. The molecule has 7 rings (SSSR count). The number of hydrogen-bond donors (Lipinski definition) is 4. The fraction of sp³-hybridized carbons (Fsp3) is 0.704. The number of fused-ring (bicyclic) bond motifs is 3. The number of aliphatic hydroxyl groups excluding tert-OH is 3. The first kappa shape index (κ1) is 22.8. The summed E-state index contributed by atoms with van der Waals surface area (Å²) in [5.41, 5.74) is -3.76. The summed E-state index contributed by atoms with van der Waals surface area (Å²) in [5, 5.41) is 45.6. The second kappa shape index (κ2) is 6.55. The van der Waals surface area contributed by atoms with E-state index >= 15 is 0 Å². The second-order valence-corrected chi connectivity index (χ2v) is 12.0. The molecule has 3 unspecified atom stereocenters. The molecule has 3 saturated carbocycles. The topological polar surface area (TPSA) is 121 Å². The van der Waals surface area contributed by atoms with Gasteiger partial charge in [0, 0.05) is 17.4 Å². The molecule has 13 atom stereocenters. The van der Waals surface area contributed by atoms with Crippen LogP contribution in [0.25, 0.3) is 0 Å². The highest BCUT2D eigenvalue weighted by Gasteiger charge is 2.88. The predicted octanol–water partition coefficient (Wildman–Crippen LogP) is 1.20. The smallest absolute Gasteiger partial charge is 0.313 e. The van der Waals surface area contributed by atoms with Gasteiger partial charge in [-0.3, -0.25) is 0 Å². The molecule has 8 nitrogen and oxygen atoms in total. The highest BCUT2D eigenvalue weighted by molar-refractivity contribution is 5.38. The summed E-state index contributed by atoms with van der Waals surface area (Å²) in [4.78, 5) is 0. The van der Waals surface area contributed by atoms with Gasteiger partial charge < -0.3 is 39.4 Å². The molecule has 3 saturated heterocycles. The maximum Gasteiger partial charge on any atom is 0.313 e. The third kappa shape index (κ3) is 2.25. The molecule has 1 aromatic carbocycles. The highest BCUT2D eigenvalue weighted by Crippen LogP contribution is 2.74. The number of aliphatic hydroxyl groups is 4. The molecule has 190 valence electrons. The Morgan fingerprint density at radius 2 is 1.80 bits per heavy atom. The lowest BCUT2D eigenvalue weighted by Crippen LogP contribution is -2.72. The van der Waals surface area contributed by atoms with Gasteiger partial charge in [0.2, 0.25) is 0 Å². The first-order chi connectivity index (χ1) is 16.5. The molecular formula is C27H34O8. The lowest BCUT2D eigenvalue weighted by Gasteiger charge is -2.60. The monoisotopic (exact) mass is 486 g/mol. The number of epoxide rings is 1. The molecule has 6 fully saturated rings. The van der Waals surface area contributed by atoms with Crippen molar-refractivity contribution in [2.24, 2.45) is 23.7 Å². The third-order valence-electron chi connectivity index (χ3n) is 10.4. The summed E-state index contributed by atoms with van der Waals surface area (Å²) in [6.45, 7) is 9.67. The van der Waals surface area contributed by atoms with Crippen molar-refractivity contribution >= 4 is 0 Å². The first-order valence-electron chi connectivity index (χ1n) is 12.7. The second-order valence-electron chi connectivity index (χ2n) is 12.0. The van der Waals surface area contributed by atoms with Crippen molar-refractivity contribution in [1.29, 1.82) is 0 Å². The summed E-state index contributed by atoms with van der Waals surface area (Å²) >= 11 is 0. The van der Waals surface area contributed by atoms with Crippen molar-refractivity contribution < 1.29 is 39.4 Å². The molecule has 3 bridgehead atoms. The van der Waals surface area contributed by atoms with E-state index in [9.17, 15) is 20.4 Å². The molecule has 3 heterocycles. The van der Waals surface area contributed by atoms with Crippen LogP contribution in [0.3, 0.4) is 0 Å². The van der Waals surface area contributed by atoms with Crippen LogP contribution in [0.2, 0.25) is 0 Å². The molecule has 0 radical (unpaired) electrons. The molecule has 0 aromatic heterocycles. The number of benzene rings is 1. The molecule has 0 amide bonds. The Morgan fingerprint density at radius 3 is 2.46 bits per heavy atom. The molecular weight excluding hydrogens is 452 g/mol. The normalized spacial score (nSPS) is 59.4. The van der Waals surface area contributed by atoms with E-state index in [1.807, 2.05) is 44.2 Å².